The Hall–Kier alpha value is -8.35. The van der Waals surface area contributed by atoms with Crippen LogP contribution in [-0.2, 0) is 0 Å². The van der Waals surface area contributed by atoms with E-state index in [1.807, 2.05) is 42.5 Å². The smallest absolute Gasteiger partial charge is 0.238 e. The van der Waals surface area contributed by atoms with Crippen LogP contribution in [0.4, 0.5) is 17.1 Å². The molecule has 286 valence electrons. The Balaban J connectivity index is 1.12. The quantitative estimate of drug-likeness (QED) is 0.168. The van der Waals surface area contributed by atoms with Crippen molar-refractivity contribution < 1.29 is 4.74 Å². The van der Waals surface area contributed by atoms with Gasteiger partial charge in [-0.1, -0.05) is 170 Å². The highest BCUT2D eigenvalue weighted by Gasteiger charge is 2.27. The number of aromatic nitrogens is 4. The van der Waals surface area contributed by atoms with Crippen molar-refractivity contribution in [3.8, 4) is 62.5 Å². The van der Waals surface area contributed by atoms with Crippen LogP contribution in [-0.4, -0.2) is 19.5 Å². The first-order valence-corrected chi connectivity index (χ1v) is 20.4. The maximum atomic E-state index is 6.57. The molecule has 0 aliphatic carbocycles. The summed E-state index contributed by atoms with van der Waals surface area (Å²) >= 11 is 0. The van der Waals surface area contributed by atoms with Crippen LogP contribution in [0, 0.1) is 0 Å². The predicted molar refractivity (Wildman–Crippen MR) is 248 cm³/mol. The summed E-state index contributed by atoms with van der Waals surface area (Å²) in [6.45, 7) is 0. The van der Waals surface area contributed by atoms with Crippen LogP contribution in [0.25, 0.3) is 83.6 Å². The van der Waals surface area contributed by atoms with Gasteiger partial charge in [0.1, 0.15) is 0 Å². The molecule has 1 aliphatic heterocycles. The fourth-order valence-corrected chi connectivity index (χ4v) is 8.81. The van der Waals surface area contributed by atoms with E-state index in [9.17, 15) is 0 Å². The van der Waals surface area contributed by atoms with Gasteiger partial charge >= 0.3 is 0 Å². The molecule has 0 unspecified atom stereocenters. The maximum absolute atomic E-state index is 6.57. The van der Waals surface area contributed by atoms with E-state index in [0.29, 0.717) is 17.6 Å². The number of benzene rings is 9. The zero-order valence-electron chi connectivity index (χ0n) is 32.9. The van der Waals surface area contributed by atoms with Gasteiger partial charge in [-0.05, 0) is 69.9 Å². The molecule has 0 atom stereocenters. The van der Waals surface area contributed by atoms with Crippen molar-refractivity contribution >= 4 is 49.6 Å². The first-order valence-electron chi connectivity index (χ1n) is 20.4. The van der Waals surface area contributed by atoms with E-state index in [4.69, 9.17) is 19.7 Å². The fraction of sp³-hybridized carbons (Fsp3) is 0. The van der Waals surface area contributed by atoms with Crippen molar-refractivity contribution in [1.29, 1.82) is 0 Å². The molecule has 0 fully saturated rings. The van der Waals surface area contributed by atoms with E-state index < -0.39 is 0 Å². The lowest BCUT2D eigenvalue weighted by molar-refractivity contribution is 0.477. The summed E-state index contributed by atoms with van der Waals surface area (Å²) < 4.78 is 8.80. The van der Waals surface area contributed by atoms with Gasteiger partial charge in [-0.2, -0.15) is 9.97 Å². The molecule has 0 amide bonds. The second-order valence-electron chi connectivity index (χ2n) is 15.2. The number of hydrogen-bond acceptors (Lipinski definition) is 5. The van der Waals surface area contributed by atoms with Gasteiger partial charge < -0.3 is 9.64 Å². The van der Waals surface area contributed by atoms with E-state index in [1.54, 1.807) is 0 Å². The minimum Gasteiger partial charge on any atom is -0.453 e. The molecule has 61 heavy (non-hydrogen) atoms. The van der Waals surface area contributed by atoms with Gasteiger partial charge in [-0.25, -0.2) is 4.98 Å². The molecule has 0 saturated carbocycles. The molecule has 6 nitrogen and oxygen atoms in total. The molecule has 0 bridgehead atoms. The van der Waals surface area contributed by atoms with E-state index in [2.05, 4.69) is 179 Å². The Kier molecular flexibility index (Phi) is 8.06. The van der Waals surface area contributed by atoms with Crippen molar-refractivity contribution in [2.24, 2.45) is 0 Å². The van der Waals surface area contributed by atoms with Crippen molar-refractivity contribution in [3.63, 3.8) is 0 Å². The van der Waals surface area contributed by atoms with Crippen molar-refractivity contribution in [2.45, 2.75) is 0 Å². The zero-order chi connectivity index (χ0) is 40.3. The molecule has 0 radical (unpaired) electrons. The minimum atomic E-state index is 0.542. The zero-order valence-corrected chi connectivity index (χ0v) is 32.9. The number of para-hydroxylation sites is 4. The highest BCUT2D eigenvalue weighted by molar-refractivity contribution is 6.23. The third-order valence-corrected chi connectivity index (χ3v) is 11.6. The Morgan fingerprint density at radius 3 is 1.77 bits per heavy atom. The van der Waals surface area contributed by atoms with Gasteiger partial charge in [0.25, 0.3) is 0 Å². The minimum absolute atomic E-state index is 0.542. The number of ether oxygens (including phenoxy) is 1. The summed E-state index contributed by atoms with van der Waals surface area (Å²) in [4.78, 5) is 18.1. The standard InChI is InChI=1S/C55H35N5O/c1-4-15-36(16-5-1)37-27-29-40(30-28-37)54-56-53(39-18-6-2-7-19-39)57-55(58-54)60-47-33-31-38-17-10-11-22-43(38)51(47)45-24-14-23-44(52(45)60)41-32-34-50-48(35-41)59(42-20-8-3-9-21-42)46-25-12-13-26-49(46)61-50/h1-35H. The molecule has 3 heterocycles. The van der Waals surface area contributed by atoms with E-state index in [0.717, 1.165) is 83.7 Å². The van der Waals surface area contributed by atoms with Gasteiger partial charge in [0.15, 0.2) is 23.1 Å². The number of rotatable bonds is 6. The summed E-state index contributed by atoms with van der Waals surface area (Å²) in [6.07, 6.45) is 0. The Bertz CT molecular complexity index is 3440. The van der Waals surface area contributed by atoms with Crippen LogP contribution in [0.1, 0.15) is 0 Å². The summed E-state index contributed by atoms with van der Waals surface area (Å²) in [7, 11) is 0. The first-order chi connectivity index (χ1) is 30.2. The highest BCUT2D eigenvalue weighted by atomic mass is 16.5. The lowest BCUT2D eigenvalue weighted by atomic mass is 9.98. The van der Waals surface area contributed by atoms with Crippen molar-refractivity contribution in [1.82, 2.24) is 19.5 Å². The Labute approximate surface area is 352 Å². The first kappa shape index (κ1) is 34.7. The van der Waals surface area contributed by atoms with Gasteiger partial charge in [-0.3, -0.25) is 4.57 Å². The average molecular weight is 782 g/mol. The van der Waals surface area contributed by atoms with Gasteiger partial charge in [-0.15, -0.1) is 0 Å². The SMILES string of the molecule is c1ccc(-c2ccc(-c3nc(-c4ccccc4)nc(-n4c5ccc6ccccc6c5c5cccc(-c6ccc7c(c6)N(c6ccccc6)c6ccccc6O7)c54)n3)cc2)cc1. The topological polar surface area (TPSA) is 56.1 Å². The van der Waals surface area contributed by atoms with Crippen LogP contribution >= 0.6 is 0 Å². The van der Waals surface area contributed by atoms with E-state index >= 15 is 0 Å². The molecule has 6 heteroatoms. The third-order valence-electron chi connectivity index (χ3n) is 11.6. The summed E-state index contributed by atoms with van der Waals surface area (Å²) in [6, 6.07) is 73.8. The maximum Gasteiger partial charge on any atom is 0.238 e. The molecular weight excluding hydrogens is 747 g/mol. The molecule has 0 spiro atoms. The number of anilines is 3. The molecule has 9 aromatic carbocycles. The molecule has 0 saturated heterocycles. The molecule has 11 aromatic rings. The van der Waals surface area contributed by atoms with Crippen molar-refractivity contribution in [3.05, 3.63) is 212 Å². The fourth-order valence-electron chi connectivity index (χ4n) is 8.81. The highest BCUT2D eigenvalue weighted by Crippen LogP contribution is 2.52. The van der Waals surface area contributed by atoms with Crippen LogP contribution in [0.15, 0.2) is 212 Å². The van der Waals surface area contributed by atoms with Gasteiger partial charge in [0.05, 0.1) is 22.4 Å². The molecule has 1 aliphatic rings. The summed E-state index contributed by atoms with van der Waals surface area (Å²) in [5.74, 6) is 3.34. The lowest BCUT2D eigenvalue weighted by Crippen LogP contribution is -2.15. The molecule has 12 rings (SSSR count). The molecule has 2 aromatic heterocycles. The van der Waals surface area contributed by atoms with Crippen LogP contribution in [0.2, 0.25) is 0 Å². The monoisotopic (exact) mass is 781 g/mol. The number of nitrogens with zero attached hydrogens (tertiary/aromatic N) is 5. The Morgan fingerprint density at radius 1 is 0.393 bits per heavy atom. The second kappa shape index (κ2) is 14.2. The van der Waals surface area contributed by atoms with Gasteiger partial charge in [0.2, 0.25) is 5.95 Å². The average Bonchev–Trinajstić information content (AvgIpc) is 3.69. The van der Waals surface area contributed by atoms with E-state index in [-0.39, 0.29) is 0 Å². The van der Waals surface area contributed by atoms with E-state index in [1.165, 1.54) is 10.8 Å². The molecular formula is C55H35N5O. The van der Waals surface area contributed by atoms with Crippen LogP contribution < -0.4 is 9.64 Å². The van der Waals surface area contributed by atoms with Gasteiger partial charge in [0, 0.05) is 33.2 Å². The summed E-state index contributed by atoms with van der Waals surface area (Å²) in [5.41, 5.74) is 11.2. The second-order valence-corrected chi connectivity index (χ2v) is 15.2. The van der Waals surface area contributed by atoms with Crippen molar-refractivity contribution in [2.75, 3.05) is 4.90 Å². The lowest BCUT2D eigenvalue weighted by Gasteiger charge is -2.33. The number of fused-ring (bicyclic) bond motifs is 7. The summed E-state index contributed by atoms with van der Waals surface area (Å²) in [5, 5.41) is 4.59. The van der Waals surface area contributed by atoms with Crippen LogP contribution in [0.3, 0.4) is 0 Å². The van der Waals surface area contributed by atoms with Crippen LogP contribution in [0.5, 0.6) is 11.5 Å². The predicted octanol–water partition coefficient (Wildman–Crippen LogP) is 14.4. The largest absolute Gasteiger partial charge is 0.453 e. The number of hydrogen-bond donors (Lipinski definition) is 0. The Morgan fingerprint density at radius 2 is 0.984 bits per heavy atom. The normalized spacial score (nSPS) is 12.0. The molecule has 0 N–H and O–H groups in total. The third kappa shape index (κ3) is 5.84.